The molecule has 0 aliphatic carbocycles. The van der Waals surface area contributed by atoms with Gasteiger partial charge in [-0.3, -0.25) is 0 Å². The minimum Gasteiger partial charge on any atom is -0.390 e. The molecule has 3 nitrogen and oxygen atoms in total. The van der Waals surface area contributed by atoms with Crippen LogP contribution in [-0.4, -0.2) is 29.2 Å². The van der Waals surface area contributed by atoms with Gasteiger partial charge >= 0.3 is 0 Å². The third kappa shape index (κ3) is 9.77. The second-order valence-electron chi connectivity index (χ2n) is 7.94. The first-order valence-corrected chi connectivity index (χ1v) is 10.7. The van der Waals surface area contributed by atoms with Gasteiger partial charge in [-0.1, -0.05) is 83.8 Å². The zero-order chi connectivity index (χ0) is 18.5. The van der Waals surface area contributed by atoms with E-state index in [9.17, 15) is 5.11 Å². The van der Waals surface area contributed by atoms with Crippen molar-refractivity contribution < 1.29 is 14.6 Å². The summed E-state index contributed by atoms with van der Waals surface area (Å²) in [5.41, 5.74) is 0. The number of aliphatic hydroxyl groups excluding tert-OH is 1. The molecule has 0 amide bonds. The third-order valence-corrected chi connectivity index (χ3v) is 5.01. The molecule has 3 atom stereocenters. The fourth-order valence-corrected chi connectivity index (χ4v) is 3.48. The summed E-state index contributed by atoms with van der Waals surface area (Å²) in [7, 11) is 0. The largest absolute Gasteiger partial charge is 0.390 e. The summed E-state index contributed by atoms with van der Waals surface area (Å²) in [6.45, 7) is 8.08. The summed E-state index contributed by atoms with van der Waals surface area (Å²) in [5, 5.41) is 10.1. The maximum atomic E-state index is 10.1. The molecule has 0 spiro atoms. The molecule has 1 fully saturated rings. The van der Waals surface area contributed by atoms with Gasteiger partial charge in [0.25, 0.3) is 0 Å². The second-order valence-corrected chi connectivity index (χ2v) is 7.94. The molecule has 1 saturated heterocycles. The van der Waals surface area contributed by atoms with Crippen LogP contribution in [0.3, 0.4) is 0 Å². The smallest absolute Gasteiger partial charge is 0.164 e. The molecule has 0 aromatic rings. The Labute approximate surface area is 156 Å². The fraction of sp³-hybridized carbons (Fsp3) is 0.909. The van der Waals surface area contributed by atoms with E-state index in [1.807, 2.05) is 20.8 Å². The summed E-state index contributed by atoms with van der Waals surface area (Å²) in [6.07, 6.45) is 18.9. The number of hydrogen-bond donors (Lipinski definition) is 1. The van der Waals surface area contributed by atoms with Crippen LogP contribution in [0.25, 0.3) is 0 Å². The predicted molar refractivity (Wildman–Crippen MR) is 106 cm³/mol. The van der Waals surface area contributed by atoms with Gasteiger partial charge in [-0.25, -0.2) is 0 Å². The van der Waals surface area contributed by atoms with Crippen LogP contribution >= 0.6 is 0 Å². The molecule has 0 aromatic heterocycles. The summed E-state index contributed by atoms with van der Waals surface area (Å²) in [4.78, 5) is 0. The first-order chi connectivity index (χ1) is 12.0. The van der Waals surface area contributed by atoms with Crippen LogP contribution < -0.4 is 0 Å². The first-order valence-electron chi connectivity index (χ1n) is 10.7. The van der Waals surface area contributed by atoms with Crippen molar-refractivity contribution in [2.45, 2.75) is 129 Å². The molecule has 3 heteroatoms. The molecule has 1 heterocycles. The average molecular weight is 355 g/mol. The molecular weight excluding hydrogens is 312 g/mol. The Balaban J connectivity index is 2.08. The van der Waals surface area contributed by atoms with Crippen LogP contribution in [-0.2, 0) is 9.47 Å². The van der Waals surface area contributed by atoms with Gasteiger partial charge in [0.15, 0.2) is 5.79 Å². The second kappa shape index (κ2) is 12.9. The Hall–Kier alpha value is -0.380. The number of allylic oxidation sites excluding steroid dienone is 1. The highest BCUT2D eigenvalue weighted by Gasteiger charge is 2.42. The quantitative estimate of drug-likeness (QED) is 0.300. The van der Waals surface area contributed by atoms with Crippen molar-refractivity contribution in [1.82, 2.24) is 0 Å². The monoisotopic (exact) mass is 354 g/mol. The molecule has 1 aliphatic heterocycles. The van der Waals surface area contributed by atoms with E-state index < -0.39 is 11.9 Å². The van der Waals surface area contributed by atoms with E-state index in [1.165, 1.54) is 64.2 Å². The Morgan fingerprint density at radius 3 is 2.00 bits per heavy atom. The van der Waals surface area contributed by atoms with Crippen LogP contribution in [0.4, 0.5) is 0 Å². The van der Waals surface area contributed by atoms with Gasteiger partial charge in [0.1, 0.15) is 12.2 Å². The molecule has 148 valence electrons. The lowest BCUT2D eigenvalue weighted by Gasteiger charge is -2.20. The van der Waals surface area contributed by atoms with E-state index in [2.05, 4.69) is 19.1 Å². The van der Waals surface area contributed by atoms with Gasteiger partial charge in [0.05, 0.1) is 6.10 Å². The van der Waals surface area contributed by atoms with E-state index >= 15 is 0 Å². The highest BCUT2D eigenvalue weighted by Crippen LogP contribution is 2.31. The first kappa shape index (κ1) is 22.7. The van der Waals surface area contributed by atoms with Crippen molar-refractivity contribution in [3.63, 3.8) is 0 Å². The molecule has 0 unspecified atom stereocenters. The zero-order valence-electron chi connectivity index (χ0n) is 17.1. The van der Waals surface area contributed by atoms with Crippen molar-refractivity contribution in [1.29, 1.82) is 0 Å². The van der Waals surface area contributed by atoms with Crippen molar-refractivity contribution in [2.24, 2.45) is 0 Å². The third-order valence-electron chi connectivity index (χ3n) is 5.01. The van der Waals surface area contributed by atoms with Gasteiger partial charge in [-0.15, -0.1) is 0 Å². The Morgan fingerprint density at radius 1 is 0.880 bits per heavy atom. The lowest BCUT2D eigenvalue weighted by Crippen LogP contribution is -2.34. The van der Waals surface area contributed by atoms with Crippen molar-refractivity contribution in [2.75, 3.05) is 0 Å². The minimum absolute atomic E-state index is 0.131. The van der Waals surface area contributed by atoms with E-state index in [-0.39, 0.29) is 12.2 Å². The van der Waals surface area contributed by atoms with Crippen molar-refractivity contribution >= 4 is 0 Å². The van der Waals surface area contributed by atoms with Gasteiger partial charge < -0.3 is 14.6 Å². The topological polar surface area (TPSA) is 38.7 Å². The number of ether oxygens (including phenoxy) is 2. The summed E-state index contributed by atoms with van der Waals surface area (Å²) < 4.78 is 11.8. The SMILES string of the molecule is CCCCCCCCCCCC/C=C\[C@H]1OC(C)(C)O[C@H]1[C@@H](O)CC. The highest BCUT2D eigenvalue weighted by molar-refractivity contribution is 5.00. The molecule has 0 saturated carbocycles. The number of rotatable bonds is 14. The van der Waals surface area contributed by atoms with Crippen LogP contribution in [0, 0.1) is 0 Å². The number of aliphatic hydroxyl groups is 1. The molecular formula is C22H42O3. The summed E-state index contributed by atoms with van der Waals surface area (Å²) in [6, 6.07) is 0. The Morgan fingerprint density at radius 2 is 1.44 bits per heavy atom. The molecule has 0 aromatic carbocycles. The van der Waals surface area contributed by atoms with Gasteiger partial charge in [0.2, 0.25) is 0 Å². The minimum atomic E-state index is -0.604. The van der Waals surface area contributed by atoms with Crippen molar-refractivity contribution in [3.8, 4) is 0 Å². The molecule has 1 rings (SSSR count). The van der Waals surface area contributed by atoms with E-state index in [0.717, 1.165) is 6.42 Å². The average Bonchev–Trinajstić information content (AvgIpc) is 2.90. The summed E-state index contributed by atoms with van der Waals surface area (Å²) >= 11 is 0. The van der Waals surface area contributed by atoms with E-state index in [1.54, 1.807) is 0 Å². The number of hydrogen-bond acceptors (Lipinski definition) is 3. The normalized spacial score (nSPS) is 24.2. The predicted octanol–water partition coefficient (Wildman–Crippen LogP) is 6.14. The highest BCUT2D eigenvalue weighted by atomic mass is 16.8. The van der Waals surface area contributed by atoms with Crippen LogP contribution in [0.15, 0.2) is 12.2 Å². The maximum absolute atomic E-state index is 10.1. The molecule has 1 aliphatic rings. The Kier molecular flexibility index (Phi) is 11.7. The Bertz CT molecular complexity index is 351. The molecule has 1 N–H and O–H groups in total. The summed E-state index contributed by atoms with van der Waals surface area (Å²) in [5.74, 6) is -0.604. The number of unbranched alkanes of at least 4 members (excludes halogenated alkanes) is 10. The zero-order valence-corrected chi connectivity index (χ0v) is 17.1. The standard InChI is InChI=1S/C22H42O3/c1-5-7-8-9-10-11-12-13-14-15-16-17-18-20-21(19(23)6-2)25-22(3,4)24-20/h17-21,23H,5-16H2,1-4H3/b18-17-/t19-,20+,21-/m0/s1. The van der Waals surface area contributed by atoms with Crippen LogP contribution in [0.1, 0.15) is 105 Å². The van der Waals surface area contributed by atoms with Crippen molar-refractivity contribution in [3.05, 3.63) is 12.2 Å². The van der Waals surface area contributed by atoms with Crippen LogP contribution in [0.5, 0.6) is 0 Å². The van der Waals surface area contributed by atoms with E-state index in [0.29, 0.717) is 6.42 Å². The van der Waals surface area contributed by atoms with Gasteiger partial charge in [-0.05, 0) is 33.1 Å². The fourth-order valence-electron chi connectivity index (χ4n) is 3.48. The van der Waals surface area contributed by atoms with Gasteiger partial charge in [0, 0.05) is 0 Å². The van der Waals surface area contributed by atoms with Crippen LogP contribution in [0.2, 0.25) is 0 Å². The van der Waals surface area contributed by atoms with E-state index in [4.69, 9.17) is 9.47 Å². The maximum Gasteiger partial charge on any atom is 0.164 e. The molecule has 0 bridgehead atoms. The lowest BCUT2D eigenvalue weighted by atomic mass is 10.0. The molecule has 25 heavy (non-hydrogen) atoms. The lowest BCUT2D eigenvalue weighted by molar-refractivity contribution is -0.153. The van der Waals surface area contributed by atoms with Gasteiger partial charge in [-0.2, -0.15) is 0 Å². The molecule has 0 radical (unpaired) electrons.